The van der Waals surface area contributed by atoms with Crippen LogP contribution in [0, 0.1) is 0 Å². The van der Waals surface area contributed by atoms with Crippen LogP contribution in [-0.2, 0) is 14.8 Å². The Labute approximate surface area is 177 Å². The first-order chi connectivity index (χ1) is 14.5. The van der Waals surface area contributed by atoms with E-state index in [1.54, 1.807) is 43.5 Å². The first-order valence-corrected chi connectivity index (χ1v) is 11.5. The van der Waals surface area contributed by atoms with E-state index in [9.17, 15) is 13.2 Å². The van der Waals surface area contributed by atoms with Gasteiger partial charge in [0.15, 0.2) is 0 Å². The highest BCUT2D eigenvalue weighted by molar-refractivity contribution is 7.89. The zero-order valence-corrected chi connectivity index (χ0v) is 17.9. The minimum absolute atomic E-state index is 0.0496. The average molecular weight is 434 g/mol. The van der Waals surface area contributed by atoms with Gasteiger partial charge in [-0.25, -0.2) is 13.2 Å². The number of ether oxygens (including phenoxy) is 3. The predicted molar refractivity (Wildman–Crippen MR) is 112 cm³/mol. The van der Waals surface area contributed by atoms with Crippen molar-refractivity contribution in [2.45, 2.75) is 30.6 Å². The molecule has 1 heterocycles. The van der Waals surface area contributed by atoms with E-state index in [0.717, 1.165) is 31.4 Å². The van der Waals surface area contributed by atoms with Crippen molar-refractivity contribution in [1.82, 2.24) is 4.31 Å². The first kappa shape index (κ1) is 22.1. The van der Waals surface area contributed by atoms with Crippen molar-refractivity contribution in [3.8, 4) is 11.5 Å². The standard InChI is InChI=1S/C22H27NO6S/c1-27-19-9-11-20(12-10-19)28-15-16-29-22(24)18-7-6-8-21(17-18)30(25,26)23-13-4-2-3-5-14-23/h6-12,17H,2-5,13-16H2,1H3. The van der Waals surface area contributed by atoms with Crippen LogP contribution in [0.25, 0.3) is 0 Å². The Morgan fingerprint density at radius 3 is 2.27 bits per heavy atom. The van der Waals surface area contributed by atoms with Crippen LogP contribution in [0.1, 0.15) is 36.0 Å². The first-order valence-electron chi connectivity index (χ1n) is 10.0. The molecule has 162 valence electrons. The molecule has 30 heavy (non-hydrogen) atoms. The van der Waals surface area contributed by atoms with Crippen molar-refractivity contribution in [3.05, 3.63) is 54.1 Å². The number of nitrogens with zero attached hydrogens (tertiary/aromatic N) is 1. The minimum atomic E-state index is -3.62. The van der Waals surface area contributed by atoms with E-state index >= 15 is 0 Å². The number of benzene rings is 2. The van der Waals surface area contributed by atoms with Crippen LogP contribution < -0.4 is 9.47 Å². The lowest BCUT2D eigenvalue weighted by molar-refractivity contribution is 0.0450. The summed E-state index contributed by atoms with van der Waals surface area (Å²) < 4.78 is 43.2. The Hall–Kier alpha value is -2.58. The monoisotopic (exact) mass is 433 g/mol. The van der Waals surface area contributed by atoms with Gasteiger partial charge in [0.25, 0.3) is 0 Å². The summed E-state index contributed by atoms with van der Waals surface area (Å²) in [4.78, 5) is 12.5. The maximum atomic E-state index is 12.9. The highest BCUT2D eigenvalue weighted by atomic mass is 32.2. The van der Waals surface area contributed by atoms with Gasteiger partial charge in [-0.1, -0.05) is 18.9 Å². The zero-order chi connectivity index (χ0) is 21.4. The molecule has 8 heteroatoms. The fraction of sp³-hybridized carbons (Fsp3) is 0.409. The Morgan fingerprint density at radius 2 is 1.60 bits per heavy atom. The number of methoxy groups -OCH3 is 1. The smallest absolute Gasteiger partial charge is 0.338 e. The molecular weight excluding hydrogens is 406 g/mol. The predicted octanol–water partition coefficient (Wildman–Crippen LogP) is 3.50. The second-order valence-corrected chi connectivity index (χ2v) is 8.94. The summed E-state index contributed by atoms with van der Waals surface area (Å²) >= 11 is 0. The van der Waals surface area contributed by atoms with Crippen LogP contribution in [0.3, 0.4) is 0 Å². The molecule has 1 aliphatic rings. The van der Waals surface area contributed by atoms with Crippen molar-refractivity contribution in [2.24, 2.45) is 0 Å². The molecule has 7 nitrogen and oxygen atoms in total. The highest BCUT2D eigenvalue weighted by Crippen LogP contribution is 2.21. The van der Waals surface area contributed by atoms with Gasteiger partial charge < -0.3 is 14.2 Å². The normalized spacial score (nSPS) is 15.2. The van der Waals surface area contributed by atoms with E-state index in [2.05, 4.69) is 0 Å². The maximum absolute atomic E-state index is 12.9. The third-order valence-electron chi connectivity index (χ3n) is 4.92. The van der Waals surface area contributed by atoms with Gasteiger partial charge in [0.05, 0.1) is 17.6 Å². The summed E-state index contributed by atoms with van der Waals surface area (Å²) in [6, 6.07) is 13.1. The van der Waals surface area contributed by atoms with Crippen molar-refractivity contribution >= 4 is 16.0 Å². The molecule has 0 bridgehead atoms. The van der Waals surface area contributed by atoms with Crippen LogP contribution in [0.2, 0.25) is 0 Å². The summed E-state index contributed by atoms with van der Waals surface area (Å²) in [5, 5.41) is 0. The van der Waals surface area contributed by atoms with Gasteiger partial charge in [-0.15, -0.1) is 0 Å². The van der Waals surface area contributed by atoms with Gasteiger partial charge in [-0.2, -0.15) is 4.31 Å². The Kier molecular flexibility index (Phi) is 7.70. The molecule has 0 spiro atoms. The van der Waals surface area contributed by atoms with Gasteiger partial charge in [-0.05, 0) is 55.3 Å². The van der Waals surface area contributed by atoms with Crippen molar-refractivity contribution in [2.75, 3.05) is 33.4 Å². The Balaban J connectivity index is 1.56. The molecule has 0 unspecified atom stereocenters. The molecule has 2 aromatic rings. The lowest BCUT2D eigenvalue weighted by atomic mass is 10.2. The van der Waals surface area contributed by atoms with Crippen molar-refractivity contribution < 1.29 is 27.4 Å². The molecule has 0 aromatic heterocycles. The Morgan fingerprint density at radius 1 is 0.933 bits per heavy atom. The molecule has 1 saturated heterocycles. The third-order valence-corrected chi connectivity index (χ3v) is 6.81. The largest absolute Gasteiger partial charge is 0.497 e. The molecule has 0 aliphatic carbocycles. The van der Waals surface area contributed by atoms with Gasteiger partial charge in [0, 0.05) is 13.1 Å². The molecule has 0 radical (unpaired) electrons. The second-order valence-electron chi connectivity index (χ2n) is 7.01. The molecular formula is C22H27NO6S. The van der Waals surface area contributed by atoms with Gasteiger partial charge >= 0.3 is 5.97 Å². The van der Waals surface area contributed by atoms with E-state index in [1.165, 1.54) is 16.4 Å². The lowest BCUT2D eigenvalue weighted by Gasteiger charge is -2.20. The van der Waals surface area contributed by atoms with E-state index < -0.39 is 16.0 Å². The Bertz CT molecular complexity index is 934. The van der Waals surface area contributed by atoms with Crippen LogP contribution >= 0.6 is 0 Å². The fourth-order valence-corrected chi connectivity index (χ4v) is 4.83. The molecule has 1 aliphatic heterocycles. The SMILES string of the molecule is COc1ccc(OCCOC(=O)c2cccc(S(=O)(=O)N3CCCCCC3)c2)cc1. The van der Waals surface area contributed by atoms with Gasteiger partial charge in [0.1, 0.15) is 24.7 Å². The molecule has 2 aromatic carbocycles. The van der Waals surface area contributed by atoms with Crippen molar-refractivity contribution in [3.63, 3.8) is 0 Å². The fourth-order valence-electron chi connectivity index (χ4n) is 3.26. The number of hydrogen-bond acceptors (Lipinski definition) is 6. The quantitative estimate of drug-likeness (QED) is 0.468. The number of hydrogen-bond donors (Lipinski definition) is 0. The van der Waals surface area contributed by atoms with Crippen LogP contribution in [-0.4, -0.2) is 52.1 Å². The topological polar surface area (TPSA) is 82.1 Å². The van der Waals surface area contributed by atoms with E-state index in [4.69, 9.17) is 14.2 Å². The summed E-state index contributed by atoms with van der Waals surface area (Å²) in [5.74, 6) is 0.780. The second kappa shape index (κ2) is 10.4. The molecule has 0 N–H and O–H groups in total. The summed E-state index contributed by atoms with van der Waals surface area (Å²) in [6.45, 7) is 1.26. The molecule has 0 atom stereocenters. The van der Waals surface area contributed by atoms with Crippen LogP contribution in [0.4, 0.5) is 0 Å². The summed E-state index contributed by atoms with van der Waals surface area (Å²) in [6.07, 6.45) is 3.79. The number of carbonyl (C=O) groups is 1. The van der Waals surface area contributed by atoms with E-state index in [-0.39, 0.29) is 23.7 Å². The highest BCUT2D eigenvalue weighted by Gasteiger charge is 2.26. The van der Waals surface area contributed by atoms with Gasteiger partial charge in [-0.3, -0.25) is 0 Å². The molecule has 0 saturated carbocycles. The third kappa shape index (κ3) is 5.73. The van der Waals surface area contributed by atoms with E-state index in [0.29, 0.717) is 18.8 Å². The molecule has 1 fully saturated rings. The molecule has 3 rings (SSSR count). The summed E-state index contributed by atoms with van der Waals surface area (Å²) in [5.41, 5.74) is 0.204. The number of rotatable bonds is 8. The number of sulfonamides is 1. The lowest BCUT2D eigenvalue weighted by Crippen LogP contribution is -2.32. The number of carbonyl (C=O) groups excluding carboxylic acids is 1. The summed E-state index contributed by atoms with van der Waals surface area (Å²) in [7, 11) is -2.03. The van der Waals surface area contributed by atoms with Crippen molar-refractivity contribution in [1.29, 1.82) is 0 Å². The van der Waals surface area contributed by atoms with Crippen LogP contribution in [0.15, 0.2) is 53.4 Å². The van der Waals surface area contributed by atoms with E-state index in [1.807, 2.05) is 0 Å². The number of esters is 1. The maximum Gasteiger partial charge on any atom is 0.338 e. The minimum Gasteiger partial charge on any atom is -0.497 e. The van der Waals surface area contributed by atoms with Crippen LogP contribution in [0.5, 0.6) is 11.5 Å². The molecule has 0 amide bonds. The van der Waals surface area contributed by atoms with Gasteiger partial charge in [0.2, 0.25) is 10.0 Å². The average Bonchev–Trinajstić information content (AvgIpc) is 3.07. The zero-order valence-electron chi connectivity index (χ0n) is 17.1.